The van der Waals surface area contributed by atoms with Crippen LogP contribution < -0.4 is 0 Å². The van der Waals surface area contributed by atoms with E-state index in [9.17, 15) is 19.5 Å². The summed E-state index contributed by atoms with van der Waals surface area (Å²) in [7, 11) is 0. The number of amides is 1. The summed E-state index contributed by atoms with van der Waals surface area (Å²) in [5, 5.41) is 12.0. The van der Waals surface area contributed by atoms with E-state index in [-0.39, 0.29) is 24.5 Å². The van der Waals surface area contributed by atoms with Crippen LogP contribution in [0.4, 0.5) is 0 Å². The fraction of sp³-hybridized carbons (Fsp3) is 0.143. The van der Waals surface area contributed by atoms with Gasteiger partial charge in [-0.1, -0.05) is 29.8 Å². The summed E-state index contributed by atoms with van der Waals surface area (Å²) in [4.78, 5) is 44.4. The summed E-state index contributed by atoms with van der Waals surface area (Å²) in [6.45, 7) is 2.05. The summed E-state index contributed by atoms with van der Waals surface area (Å²) in [5.74, 6) is -2.45. The van der Waals surface area contributed by atoms with Gasteiger partial charge in [0.2, 0.25) is 5.78 Å². The van der Waals surface area contributed by atoms with Gasteiger partial charge in [0.15, 0.2) is 11.5 Å². The Morgan fingerprint density at radius 3 is 2.62 bits per heavy atom. The number of carbonyl (C=O) groups is 3. The topological polar surface area (TPSA) is 110 Å². The lowest BCUT2D eigenvalue weighted by Gasteiger charge is -2.26. The first kappa shape index (κ1) is 24.3. The number of Topliss-reactive ketones (excluding diaryl/α,β-unsaturated/α-hetero) is 1. The van der Waals surface area contributed by atoms with Crippen molar-refractivity contribution in [3.63, 3.8) is 0 Å². The molecule has 1 atom stereocenters. The molecule has 186 valence electrons. The second kappa shape index (κ2) is 9.91. The molecule has 1 N–H and O–H groups in total. The maximum atomic E-state index is 13.6. The van der Waals surface area contributed by atoms with Gasteiger partial charge in [-0.2, -0.15) is 0 Å². The number of rotatable bonds is 7. The number of benzene rings is 2. The summed E-state index contributed by atoms with van der Waals surface area (Å²) >= 11 is 6.06. The first-order valence-electron chi connectivity index (χ1n) is 11.5. The number of fused-ring (bicyclic) bond motifs is 1. The Morgan fingerprint density at radius 1 is 1.14 bits per heavy atom. The van der Waals surface area contributed by atoms with Crippen LogP contribution in [0.5, 0.6) is 0 Å². The molecule has 37 heavy (non-hydrogen) atoms. The third-order valence-corrected chi connectivity index (χ3v) is 6.30. The van der Waals surface area contributed by atoms with Gasteiger partial charge in [-0.3, -0.25) is 14.6 Å². The van der Waals surface area contributed by atoms with Crippen molar-refractivity contribution in [2.24, 2.45) is 0 Å². The molecular weight excluding hydrogens is 496 g/mol. The Balaban J connectivity index is 1.51. The fourth-order valence-electron chi connectivity index (χ4n) is 4.35. The Morgan fingerprint density at radius 2 is 1.92 bits per heavy atom. The van der Waals surface area contributed by atoms with E-state index in [4.69, 9.17) is 20.8 Å². The van der Waals surface area contributed by atoms with Crippen LogP contribution in [0.3, 0.4) is 0 Å². The van der Waals surface area contributed by atoms with Crippen molar-refractivity contribution in [3.8, 4) is 0 Å². The highest BCUT2D eigenvalue weighted by Crippen LogP contribution is 2.40. The first-order valence-corrected chi connectivity index (χ1v) is 11.9. The summed E-state index contributed by atoms with van der Waals surface area (Å²) in [6.07, 6.45) is 3.12. The molecule has 3 heterocycles. The number of esters is 1. The van der Waals surface area contributed by atoms with Gasteiger partial charge in [0.1, 0.15) is 5.58 Å². The van der Waals surface area contributed by atoms with Gasteiger partial charge >= 0.3 is 5.97 Å². The second-order valence-electron chi connectivity index (χ2n) is 8.42. The number of aliphatic hydroxyl groups excluding tert-OH is 1. The largest absolute Gasteiger partial charge is 0.503 e. The molecule has 0 saturated carbocycles. The number of hydrogen-bond donors (Lipinski definition) is 1. The van der Waals surface area contributed by atoms with Crippen LogP contribution in [0.2, 0.25) is 5.02 Å². The molecule has 0 fully saturated rings. The summed E-state index contributed by atoms with van der Waals surface area (Å²) in [6, 6.07) is 15.6. The molecule has 1 aliphatic rings. The van der Waals surface area contributed by atoms with Crippen LogP contribution in [-0.4, -0.2) is 39.3 Å². The molecule has 8 nitrogen and oxygen atoms in total. The molecule has 1 amide bonds. The zero-order valence-corrected chi connectivity index (χ0v) is 20.4. The molecule has 0 saturated heterocycles. The van der Waals surface area contributed by atoms with Gasteiger partial charge in [0, 0.05) is 29.3 Å². The highest BCUT2D eigenvalue weighted by Gasteiger charge is 2.44. The minimum absolute atomic E-state index is 0.0267. The quantitative estimate of drug-likeness (QED) is 0.257. The number of hydrogen-bond acceptors (Lipinski definition) is 7. The van der Waals surface area contributed by atoms with Gasteiger partial charge in [-0.05, 0) is 60.5 Å². The van der Waals surface area contributed by atoms with Crippen LogP contribution >= 0.6 is 11.6 Å². The van der Waals surface area contributed by atoms with Gasteiger partial charge < -0.3 is 19.2 Å². The van der Waals surface area contributed by atoms with E-state index >= 15 is 0 Å². The second-order valence-corrected chi connectivity index (χ2v) is 8.86. The monoisotopic (exact) mass is 516 g/mol. The van der Waals surface area contributed by atoms with Crippen molar-refractivity contribution in [3.05, 3.63) is 112 Å². The van der Waals surface area contributed by atoms with Crippen molar-refractivity contribution < 1.29 is 28.6 Å². The lowest BCUT2D eigenvalue weighted by Crippen LogP contribution is -2.30. The number of aromatic nitrogens is 1. The summed E-state index contributed by atoms with van der Waals surface area (Å²) in [5.41, 5.74) is 1.96. The number of ether oxygens (including phenoxy) is 1. The van der Waals surface area contributed by atoms with E-state index in [1.807, 2.05) is 0 Å². The Kier molecular flexibility index (Phi) is 6.50. The third kappa shape index (κ3) is 4.59. The van der Waals surface area contributed by atoms with Crippen molar-refractivity contribution in [2.75, 3.05) is 6.61 Å². The first-order chi connectivity index (χ1) is 17.9. The lowest BCUT2D eigenvalue weighted by molar-refractivity contribution is -0.130. The fourth-order valence-corrected chi connectivity index (χ4v) is 4.53. The van der Waals surface area contributed by atoms with Gasteiger partial charge in [0.05, 0.1) is 23.8 Å². The zero-order valence-electron chi connectivity index (χ0n) is 19.7. The number of ketones is 1. The molecule has 1 aliphatic heterocycles. The summed E-state index contributed by atoms with van der Waals surface area (Å²) < 4.78 is 10.7. The molecular formula is C28H21ClN2O6. The number of nitrogens with zero attached hydrogens (tertiary/aromatic N) is 2. The standard InChI is InChI=1S/C28H21ClN2O6/c1-2-36-28(35)17-7-5-16(6-8-17)15-31-24(18-4-3-11-30-14-18)23(26(33)27(31)34)25(32)22-13-19-12-20(29)9-10-21(19)37-22/h3-14,24,33H,2,15H2,1H3. The van der Waals surface area contributed by atoms with Crippen molar-refractivity contribution in [2.45, 2.75) is 19.5 Å². The maximum absolute atomic E-state index is 13.6. The molecule has 9 heteroatoms. The molecule has 0 aliphatic carbocycles. The van der Waals surface area contributed by atoms with Crippen LogP contribution in [0.15, 0.2) is 88.8 Å². The average molecular weight is 517 g/mol. The molecule has 1 unspecified atom stereocenters. The Bertz CT molecular complexity index is 1540. The number of furan rings is 1. The average Bonchev–Trinajstić information content (AvgIpc) is 3.43. The smallest absolute Gasteiger partial charge is 0.338 e. The van der Waals surface area contributed by atoms with Gasteiger partial charge in [-0.25, -0.2) is 4.79 Å². The van der Waals surface area contributed by atoms with E-state index < -0.39 is 29.5 Å². The van der Waals surface area contributed by atoms with E-state index in [0.717, 1.165) is 0 Å². The van der Waals surface area contributed by atoms with Crippen LogP contribution in [0.25, 0.3) is 11.0 Å². The third-order valence-electron chi connectivity index (χ3n) is 6.07. The van der Waals surface area contributed by atoms with E-state index in [0.29, 0.717) is 32.7 Å². The molecule has 2 aromatic carbocycles. The van der Waals surface area contributed by atoms with Crippen molar-refractivity contribution in [1.29, 1.82) is 0 Å². The highest BCUT2D eigenvalue weighted by molar-refractivity contribution is 6.31. The molecule has 2 aromatic heterocycles. The van der Waals surface area contributed by atoms with Crippen LogP contribution in [0, 0.1) is 0 Å². The SMILES string of the molecule is CCOC(=O)c1ccc(CN2C(=O)C(O)=C(C(=O)c3cc4cc(Cl)ccc4o3)C2c2cccnc2)cc1. The van der Waals surface area contributed by atoms with Gasteiger partial charge in [-0.15, -0.1) is 0 Å². The molecule has 4 aromatic rings. The van der Waals surface area contributed by atoms with E-state index in [1.54, 1.807) is 73.9 Å². The van der Waals surface area contributed by atoms with Gasteiger partial charge in [0.25, 0.3) is 5.91 Å². The van der Waals surface area contributed by atoms with Crippen molar-refractivity contribution >= 4 is 40.2 Å². The number of halogens is 1. The molecule has 0 bridgehead atoms. The number of aliphatic hydroxyl groups is 1. The predicted octanol–water partition coefficient (Wildman–Crippen LogP) is 5.44. The predicted molar refractivity (Wildman–Crippen MR) is 135 cm³/mol. The molecule has 0 radical (unpaired) electrons. The maximum Gasteiger partial charge on any atom is 0.338 e. The van der Waals surface area contributed by atoms with Crippen LogP contribution in [0.1, 0.15) is 45.0 Å². The number of pyridine rings is 1. The minimum Gasteiger partial charge on any atom is -0.503 e. The Hall–Kier alpha value is -4.43. The number of carbonyl (C=O) groups excluding carboxylic acids is 3. The van der Waals surface area contributed by atoms with E-state index in [1.165, 1.54) is 11.0 Å². The molecule has 5 rings (SSSR count). The zero-order chi connectivity index (χ0) is 26.1. The minimum atomic E-state index is -0.907. The lowest BCUT2D eigenvalue weighted by atomic mass is 9.96. The highest BCUT2D eigenvalue weighted by atomic mass is 35.5. The Labute approximate surface area is 216 Å². The normalized spacial score (nSPS) is 15.5. The van der Waals surface area contributed by atoms with E-state index in [2.05, 4.69) is 4.98 Å². The molecule has 0 spiro atoms. The van der Waals surface area contributed by atoms with Crippen LogP contribution in [-0.2, 0) is 16.1 Å². The van der Waals surface area contributed by atoms with Crippen molar-refractivity contribution in [1.82, 2.24) is 9.88 Å².